The van der Waals surface area contributed by atoms with E-state index in [9.17, 15) is 18.0 Å². The van der Waals surface area contributed by atoms with Gasteiger partial charge in [-0.1, -0.05) is 0 Å². The van der Waals surface area contributed by atoms with Gasteiger partial charge in [0, 0.05) is 13.1 Å². The lowest BCUT2D eigenvalue weighted by molar-refractivity contribution is -0.123. The highest BCUT2D eigenvalue weighted by atomic mass is 79.9. The molecule has 2 saturated heterocycles. The van der Waals surface area contributed by atoms with Crippen LogP contribution in [0.2, 0.25) is 0 Å². The van der Waals surface area contributed by atoms with Crippen molar-refractivity contribution in [2.45, 2.75) is 16.2 Å². The fraction of sp³-hybridized carbons (Fsp3) is 0.400. The van der Waals surface area contributed by atoms with E-state index in [1.807, 2.05) is 0 Å². The SMILES string of the molecule is O=C1NC(=O)C2(CCN(S(=O)(=O)c3ccc(Br)s3)C2)N1. The number of nitrogens with one attached hydrogen (secondary N) is 2. The van der Waals surface area contributed by atoms with E-state index in [-0.39, 0.29) is 23.7 Å². The summed E-state index contributed by atoms with van der Waals surface area (Å²) in [5, 5.41) is 4.68. The highest BCUT2D eigenvalue weighted by molar-refractivity contribution is 9.11. The van der Waals surface area contributed by atoms with Crippen molar-refractivity contribution >= 4 is 49.2 Å². The number of sulfonamides is 1. The molecule has 1 unspecified atom stereocenters. The van der Waals surface area contributed by atoms with E-state index in [0.717, 1.165) is 15.1 Å². The number of amides is 3. The van der Waals surface area contributed by atoms with Crippen LogP contribution in [-0.4, -0.2) is 43.3 Å². The van der Waals surface area contributed by atoms with Crippen LogP contribution in [0.4, 0.5) is 4.79 Å². The van der Waals surface area contributed by atoms with Gasteiger partial charge in [0.1, 0.15) is 9.75 Å². The lowest BCUT2D eigenvalue weighted by Crippen LogP contribution is -2.49. The van der Waals surface area contributed by atoms with E-state index in [1.165, 1.54) is 10.4 Å². The molecule has 3 rings (SSSR count). The monoisotopic (exact) mass is 379 g/mol. The van der Waals surface area contributed by atoms with Gasteiger partial charge >= 0.3 is 6.03 Å². The number of hydrogen-bond donors (Lipinski definition) is 2. The van der Waals surface area contributed by atoms with Crippen LogP contribution in [0.25, 0.3) is 0 Å². The van der Waals surface area contributed by atoms with Crippen LogP contribution in [0.15, 0.2) is 20.1 Å². The van der Waals surface area contributed by atoms with Gasteiger partial charge in [-0.25, -0.2) is 13.2 Å². The topological polar surface area (TPSA) is 95.6 Å². The molecule has 20 heavy (non-hydrogen) atoms. The second-order valence-corrected chi connectivity index (χ2v) is 9.27. The third kappa shape index (κ3) is 2.07. The quantitative estimate of drug-likeness (QED) is 0.730. The first kappa shape index (κ1) is 14.0. The summed E-state index contributed by atoms with van der Waals surface area (Å²) in [6, 6.07) is 2.60. The second kappa shape index (κ2) is 4.52. The van der Waals surface area contributed by atoms with Gasteiger partial charge in [-0.3, -0.25) is 10.1 Å². The highest BCUT2D eigenvalue weighted by Crippen LogP contribution is 2.33. The lowest BCUT2D eigenvalue weighted by atomic mass is 10.00. The molecule has 0 aromatic carbocycles. The maximum atomic E-state index is 12.4. The minimum atomic E-state index is -3.63. The third-order valence-corrected chi connectivity index (χ3v) is 7.33. The van der Waals surface area contributed by atoms with Gasteiger partial charge in [-0.05, 0) is 34.5 Å². The summed E-state index contributed by atoms with van der Waals surface area (Å²) in [5.41, 5.74) is -1.13. The number of carbonyl (C=O) groups excluding carboxylic acids is 2. The first-order chi connectivity index (χ1) is 9.33. The maximum absolute atomic E-state index is 12.4. The number of halogens is 1. The van der Waals surface area contributed by atoms with E-state index in [4.69, 9.17) is 0 Å². The van der Waals surface area contributed by atoms with Crippen molar-refractivity contribution in [2.24, 2.45) is 0 Å². The predicted octanol–water partition coefficient (Wildman–Crippen LogP) is 0.483. The van der Waals surface area contributed by atoms with Gasteiger partial charge in [0.15, 0.2) is 0 Å². The molecule has 0 saturated carbocycles. The zero-order chi connectivity index (χ0) is 14.5. The maximum Gasteiger partial charge on any atom is 0.322 e. The molecule has 7 nitrogen and oxygen atoms in total. The number of carbonyl (C=O) groups is 2. The molecule has 3 amide bonds. The van der Waals surface area contributed by atoms with Gasteiger partial charge in [0.05, 0.1) is 3.79 Å². The summed E-state index contributed by atoms with van der Waals surface area (Å²) in [6.45, 7) is 0.161. The van der Waals surface area contributed by atoms with Crippen molar-refractivity contribution < 1.29 is 18.0 Å². The molecule has 0 bridgehead atoms. The molecule has 10 heteroatoms. The number of hydrogen-bond acceptors (Lipinski definition) is 5. The Labute approximate surface area is 127 Å². The normalized spacial score (nSPS) is 27.1. The van der Waals surface area contributed by atoms with E-state index in [0.29, 0.717) is 0 Å². The van der Waals surface area contributed by atoms with Crippen LogP contribution in [0.3, 0.4) is 0 Å². The third-order valence-electron chi connectivity index (χ3n) is 3.39. The Hall–Kier alpha value is -0.970. The molecule has 2 aliphatic heterocycles. The Kier molecular flexibility index (Phi) is 3.16. The number of rotatable bonds is 2. The Balaban J connectivity index is 1.87. The molecule has 2 aliphatic rings. The first-order valence-electron chi connectivity index (χ1n) is 5.73. The van der Waals surface area contributed by atoms with E-state index in [2.05, 4.69) is 26.6 Å². The summed E-state index contributed by atoms with van der Waals surface area (Å²) < 4.78 is 27.1. The Morgan fingerprint density at radius 2 is 2.10 bits per heavy atom. The van der Waals surface area contributed by atoms with Crippen LogP contribution in [0.5, 0.6) is 0 Å². The second-order valence-electron chi connectivity index (χ2n) is 4.64. The molecule has 1 spiro atoms. The van der Waals surface area contributed by atoms with E-state index < -0.39 is 27.5 Å². The van der Waals surface area contributed by atoms with Crippen molar-refractivity contribution in [1.29, 1.82) is 0 Å². The molecule has 1 aromatic heterocycles. The highest BCUT2D eigenvalue weighted by Gasteiger charge is 2.53. The molecule has 0 radical (unpaired) electrons. The van der Waals surface area contributed by atoms with Crippen molar-refractivity contribution in [3.8, 4) is 0 Å². The molecule has 1 atom stereocenters. The van der Waals surface area contributed by atoms with Crippen molar-refractivity contribution in [3.05, 3.63) is 15.9 Å². The van der Waals surface area contributed by atoms with Crippen molar-refractivity contribution in [3.63, 3.8) is 0 Å². The number of imide groups is 1. The van der Waals surface area contributed by atoms with Crippen LogP contribution < -0.4 is 10.6 Å². The average molecular weight is 380 g/mol. The molecule has 2 N–H and O–H groups in total. The molecule has 108 valence electrons. The van der Waals surface area contributed by atoms with Gasteiger partial charge in [0.2, 0.25) is 0 Å². The van der Waals surface area contributed by atoms with E-state index in [1.54, 1.807) is 6.07 Å². The summed E-state index contributed by atoms with van der Waals surface area (Å²) in [4.78, 5) is 23.0. The number of thiophene rings is 1. The Bertz CT molecular complexity index is 701. The molecule has 0 aliphatic carbocycles. The predicted molar refractivity (Wildman–Crippen MR) is 74.8 cm³/mol. The summed E-state index contributed by atoms with van der Waals surface area (Å²) in [5.74, 6) is -0.465. The van der Waals surface area contributed by atoms with Gasteiger partial charge < -0.3 is 5.32 Å². The fourth-order valence-corrected chi connectivity index (χ4v) is 6.02. The molecular weight excluding hydrogens is 370 g/mol. The number of nitrogens with zero attached hydrogens (tertiary/aromatic N) is 1. The van der Waals surface area contributed by atoms with E-state index >= 15 is 0 Å². The van der Waals surface area contributed by atoms with Gasteiger partial charge in [-0.15, -0.1) is 11.3 Å². The van der Waals surface area contributed by atoms with Crippen LogP contribution >= 0.6 is 27.3 Å². The number of urea groups is 1. The van der Waals surface area contributed by atoms with Crippen LogP contribution in [0, 0.1) is 0 Å². The minimum absolute atomic E-state index is 0.0393. The zero-order valence-corrected chi connectivity index (χ0v) is 13.3. The summed E-state index contributed by atoms with van der Waals surface area (Å²) in [7, 11) is -3.63. The summed E-state index contributed by atoms with van der Waals surface area (Å²) >= 11 is 4.34. The fourth-order valence-electron chi connectivity index (χ4n) is 2.36. The van der Waals surface area contributed by atoms with Crippen molar-refractivity contribution in [2.75, 3.05) is 13.1 Å². The summed E-state index contributed by atoms with van der Waals surface area (Å²) in [6.07, 6.45) is 0.274. The average Bonchev–Trinajstić information content (AvgIpc) is 3.02. The minimum Gasteiger partial charge on any atom is -0.322 e. The van der Waals surface area contributed by atoms with Crippen LogP contribution in [0.1, 0.15) is 6.42 Å². The van der Waals surface area contributed by atoms with Gasteiger partial charge in [0.25, 0.3) is 15.9 Å². The standard InChI is InChI=1S/C10H10BrN3O4S2/c11-6-1-2-7(19-6)20(17,18)14-4-3-10(5-14)8(15)12-9(16)13-10/h1-2H,3-5H2,(H2,12,13,15,16). The zero-order valence-electron chi connectivity index (χ0n) is 10.1. The molecule has 1 aromatic rings. The first-order valence-corrected chi connectivity index (χ1v) is 8.78. The smallest absolute Gasteiger partial charge is 0.322 e. The van der Waals surface area contributed by atoms with Crippen molar-refractivity contribution in [1.82, 2.24) is 14.9 Å². The Morgan fingerprint density at radius 3 is 2.65 bits per heavy atom. The molecule has 3 heterocycles. The Morgan fingerprint density at radius 1 is 1.35 bits per heavy atom. The largest absolute Gasteiger partial charge is 0.322 e. The van der Waals surface area contributed by atoms with Gasteiger partial charge in [-0.2, -0.15) is 4.31 Å². The lowest BCUT2D eigenvalue weighted by Gasteiger charge is -2.20. The van der Waals surface area contributed by atoms with Crippen LogP contribution in [-0.2, 0) is 14.8 Å². The molecular formula is C10H10BrN3O4S2. The molecule has 2 fully saturated rings.